The van der Waals surface area contributed by atoms with Crippen LogP contribution in [0.4, 0.5) is 5.69 Å². The van der Waals surface area contributed by atoms with Crippen LogP contribution < -0.4 is 9.62 Å². The summed E-state index contributed by atoms with van der Waals surface area (Å²) in [7, 11) is -3.66. The van der Waals surface area contributed by atoms with E-state index >= 15 is 0 Å². The van der Waals surface area contributed by atoms with Gasteiger partial charge in [0, 0.05) is 11.6 Å². The standard InChI is InChI=1S/C21H27ClN2O3S/c1-15-7-10-18(11-8-15)6-5-13-23-21(25)17(3)24(28(4,26)27)19-12-9-16(2)20(22)14-19/h7-12,14,17H,5-6,13H2,1-4H3,(H,23,25). The predicted octanol–water partition coefficient (Wildman–Crippen LogP) is 3.86. The van der Waals surface area contributed by atoms with E-state index in [2.05, 4.69) is 29.6 Å². The van der Waals surface area contributed by atoms with Crippen molar-refractivity contribution in [3.05, 3.63) is 64.2 Å². The van der Waals surface area contributed by atoms with Crippen LogP contribution in [0.1, 0.15) is 30.0 Å². The number of benzene rings is 2. The maximum absolute atomic E-state index is 12.6. The lowest BCUT2D eigenvalue weighted by molar-refractivity contribution is -0.121. The highest BCUT2D eigenvalue weighted by Crippen LogP contribution is 2.26. The van der Waals surface area contributed by atoms with E-state index in [0.29, 0.717) is 17.3 Å². The van der Waals surface area contributed by atoms with Crippen molar-refractivity contribution in [1.29, 1.82) is 0 Å². The fourth-order valence-corrected chi connectivity index (χ4v) is 4.28. The lowest BCUT2D eigenvalue weighted by Gasteiger charge is -2.28. The highest BCUT2D eigenvalue weighted by molar-refractivity contribution is 7.92. The van der Waals surface area contributed by atoms with Crippen LogP contribution in [0.3, 0.4) is 0 Å². The van der Waals surface area contributed by atoms with Crippen LogP contribution in [0, 0.1) is 13.8 Å². The molecule has 1 unspecified atom stereocenters. The van der Waals surface area contributed by atoms with Crippen LogP contribution in [-0.4, -0.2) is 33.2 Å². The molecule has 5 nitrogen and oxygen atoms in total. The topological polar surface area (TPSA) is 66.5 Å². The summed E-state index contributed by atoms with van der Waals surface area (Å²) in [5.41, 5.74) is 3.63. The lowest BCUT2D eigenvalue weighted by atomic mass is 10.1. The second kappa shape index (κ2) is 9.43. The Labute approximate surface area is 172 Å². The molecule has 28 heavy (non-hydrogen) atoms. The minimum absolute atomic E-state index is 0.342. The number of nitrogens with zero attached hydrogens (tertiary/aromatic N) is 1. The first-order valence-electron chi connectivity index (χ1n) is 9.18. The maximum atomic E-state index is 12.6. The Kier molecular flexibility index (Phi) is 7.49. The Bertz CT molecular complexity index is 927. The highest BCUT2D eigenvalue weighted by Gasteiger charge is 2.29. The smallest absolute Gasteiger partial charge is 0.243 e. The largest absolute Gasteiger partial charge is 0.354 e. The summed E-state index contributed by atoms with van der Waals surface area (Å²) in [6, 6.07) is 12.4. The molecule has 1 amide bonds. The van der Waals surface area contributed by atoms with Gasteiger partial charge in [0.05, 0.1) is 11.9 Å². The van der Waals surface area contributed by atoms with E-state index in [4.69, 9.17) is 11.6 Å². The molecule has 1 atom stereocenters. The molecule has 0 aromatic heterocycles. The van der Waals surface area contributed by atoms with Gasteiger partial charge in [-0.25, -0.2) is 8.42 Å². The van der Waals surface area contributed by atoms with Crippen molar-refractivity contribution in [2.75, 3.05) is 17.1 Å². The highest BCUT2D eigenvalue weighted by atomic mass is 35.5. The molecule has 1 N–H and O–H groups in total. The number of anilines is 1. The molecule has 0 fully saturated rings. The molecule has 0 aliphatic rings. The first-order chi connectivity index (χ1) is 13.1. The SMILES string of the molecule is Cc1ccc(CCCNC(=O)C(C)N(c2ccc(C)c(Cl)c2)S(C)(=O)=O)cc1. The number of aryl methyl sites for hydroxylation is 3. The molecule has 0 spiro atoms. The third-order valence-corrected chi connectivity index (χ3v) is 6.21. The van der Waals surface area contributed by atoms with Crippen LogP contribution in [0.25, 0.3) is 0 Å². The minimum Gasteiger partial charge on any atom is -0.354 e. The van der Waals surface area contributed by atoms with Crippen molar-refractivity contribution < 1.29 is 13.2 Å². The zero-order valence-electron chi connectivity index (χ0n) is 16.7. The van der Waals surface area contributed by atoms with Crippen LogP contribution in [0.2, 0.25) is 5.02 Å². The summed E-state index contributed by atoms with van der Waals surface area (Å²) >= 11 is 6.14. The average molecular weight is 423 g/mol. The molecule has 7 heteroatoms. The second-order valence-electron chi connectivity index (χ2n) is 7.05. The van der Waals surface area contributed by atoms with Crippen molar-refractivity contribution in [2.45, 2.75) is 39.7 Å². The number of amides is 1. The summed E-state index contributed by atoms with van der Waals surface area (Å²) in [6.07, 6.45) is 2.71. The number of hydrogen-bond donors (Lipinski definition) is 1. The summed E-state index contributed by atoms with van der Waals surface area (Å²) in [4.78, 5) is 12.6. The van der Waals surface area contributed by atoms with Gasteiger partial charge in [0.15, 0.2) is 0 Å². The normalized spacial score (nSPS) is 12.5. The second-order valence-corrected chi connectivity index (χ2v) is 9.32. The molecule has 152 valence electrons. The molecule has 0 aliphatic heterocycles. The predicted molar refractivity (Wildman–Crippen MR) is 115 cm³/mol. The van der Waals surface area contributed by atoms with Crippen LogP contribution >= 0.6 is 11.6 Å². The van der Waals surface area contributed by atoms with Crippen LogP contribution in [0.15, 0.2) is 42.5 Å². The molecule has 0 saturated heterocycles. The molecule has 2 rings (SSSR count). The van der Waals surface area contributed by atoms with Crippen molar-refractivity contribution in [3.63, 3.8) is 0 Å². The van der Waals surface area contributed by atoms with Crippen molar-refractivity contribution in [3.8, 4) is 0 Å². The van der Waals surface area contributed by atoms with E-state index in [1.807, 2.05) is 13.8 Å². The number of rotatable bonds is 8. The van der Waals surface area contributed by atoms with Crippen molar-refractivity contribution in [1.82, 2.24) is 5.32 Å². The average Bonchev–Trinajstić information content (AvgIpc) is 2.62. The van der Waals surface area contributed by atoms with Crippen LogP contribution in [0.5, 0.6) is 0 Å². The molecule has 0 aliphatic carbocycles. The third-order valence-electron chi connectivity index (χ3n) is 4.56. The van der Waals surface area contributed by atoms with Crippen molar-refractivity contribution in [2.24, 2.45) is 0 Å². The summed E-state index contributed by atoms with van der Waals surface area (Å²) < 4.78 is 25.7. The number of nitrogens with one attached hydrogen (secondary N) is 1. The third kappa shape index (κ3) is 5.97. The number of carbonyl (C=O) groups excluding carboxylic acids is 1. The van der Waals surface area contributed by atoms with Crippen LogP contribution in [-0.2, 0) is 21.2 Å². The number of halogens is 1. The van der Waals surface area contributed by atoms with Gasteiger partial charge in [-0.3, -0.25) is 9.10 Å². The van der Waals surface area contributed by atoms with E-state index in [-0.39, 0.29) is 5.91 Å². The number of sulfonamides is 1. The Morgan fingerprint density at radius 1 is 1.14 bits per heavy atom. The van der Waals surface area contributed by atoms with Gasteiger partial charge in [-0.2, -0.15) is 0 Å². The van der Waals surface area contributed by atoms with Gasteiger partial charge in [0.2, 0.25) is 15.9 Å². The molecular weight excluding hydrogens is 396 g/mol. The van der Waals surface area contributed by atoms with Gasteiger partial charge in [-0.1, -0.05) is 47.5 Å². The molecule has 0 radical (unpaired) electrons. The van der Waals surface area contributed by atoms with Gasteiger partial charge < -0.3 is 5.32 Å². The van der Waals surface area contributed by atoms with Gasteiger partial charge in [0.1, 0.15) is 6.04 Å². The lowest BCUT2D eigenvalue weighted by Crippen LogP contribution is -2.48. The Balaban J connectivity index is 2.01. The van der Waals surface area contributed by atoms with Gasteiger partial charge in [0.25, 0.3) is 0 Å². The van der Waals surface area contributed by atoms with E-state index < -0.39 is 16.1 Å². The van der Waals surface area contributed by atoms with Gasteiger partial charge in [-0.05, 0) is 56.9 Å². The quantitative estimate of drug-likeness (QED) is 0.657. The summed E-state index contributed by atoms with van der Waals surface area (Å²) in [5.74, 6) is -0.342. The Morgan fingerprint density at radius 2 is 1.79 bits per heavy atom. The molecule has 2 aromatic rings. The first-order valence-corrected chi connectivity index (χ1v) is 11.4. The van der Waals surface area contributed by atoms with Gasteiger partial charge >= 0.3 is 0 Å². The maximum Gasteiger partial charge on any atom is 0.243 e. The molecule has 0 bridgehead atoms. The van der Waals surface area contributed by atoms with Crippen molar-refractivity contribution >= 4 is 33.2 Å². The molecule has 2 aromatic carbocycles. The zero-order valence-corrected chi connectivity index (χ0v) is 18.3. The summed E-state index contributed by atoms with van der Waals surface area (Å²) in [6.45, 7) is 5.93. The zero-order chi connectivity index (χ0) is 20.9. The molecular formula is C21H27ClN2O3S. The number of carbonyl (C=O) groups is 1. The van der Waals surface area contributed by atoms with E-state index in [1.54, 1.807) is 25.1 Å². The van der Waals surface area contributed by atoms with Gasteiger partial charge in [-0.15, -0.1) is 0 Å². The fourth-order valence-electron chi connectivity index (χ4n) is 2.93. The summed E-state index contributed by atoms with van der Waals surface area (Å²) in [5, 5.41) is 3.29. The fraction of sp³-hybridized carbons (Fsp3) is 0.381. The molecule has 0 heterocycles. The minimum atomic E-state index is -3.66. The van der Waals surface area contributed by atoms with E-state index in [9.17, 15) is 13.2 Å². The Hall–Kier alpha value is -2.05. The van der Waals surface area contributed by atoms with E-state index in [0.717, 1.165) is 29.0 Å². The molecule has 0 saturated carbocycles. The number of hydrogen-bond acceptors (Lipinski definition) is 3. The monoisotopic (exact) mass is 422 g/mol. The first kappa shape index (κ1) is 22.2. The van der Waals surface area contributed by atoms with E-state index in [1.165, 1.54) is 11.1 Å². The Morgan fingerprint density at radius 3 is 2.36 bits per heavy atom.